The van der Waals surface area contributed by atoms with Gasteiger partial charge in [-0.25, -0.2) is 5.01 Å². The van der Waals surface area contributed by atoms with Gasteiger partial charge in [-0.3, -0.25) is 9.59 Å². The molecule has 0 saturated heterocycles. The minimum atomic E-state index is -1.08. The first-order valence-corrected chi connectivity index (χ1v) is 8.00. The molecule has 1 aromatic carbocycles. The fraction of sp³-hybridized carbons (Fsp3) is 0.500. The largest absolute Gasteiger partial charge is 0.394 e. The van der Waals surface area contributed by atoms with Gasteiger partial charge >= 0.3 is 0 Å². The van der Waals surface area contributed by atoms with Gasteiger partial charge in [-0.1, -0.05) is 0 Å². The summed E-state index contributed by atoms with van der Waals surface area (Å²) in [4.78, 5) is 24.5. The molecule has 26 heavy (non-hydrogen) atoms. The van der Waals surface area contributed by atoms with Crippen LogP contribution in [-0.2, 0) is 0 Å². The Kier molecular flexibility index (Phi) is 8.96. The molecule has 0 spiro atoms. The number of benzene rings is 1. The van der Waals surface area contributed by atoms with Crippen LogP contribution in [-0.4, -0.2) is 89.9 Å². The van der Waals surface area contributed by atoms with Crippen LogP contribution in [0, 0.1) is 0 Å². The summed E-state index contributed by atoms with van der Waals surface area (Å²) < 4.78 is 0. The maximum atomic E-state index is 12.2. The van der Waals surface area contributed by atoms with Crippen molar-refractivity contribution in [2.45, 2.75) is 12.2 Å². The molecule has 10 nitrogen and oxygen atoms in total. The third-order valence-electron chi connectivity index (χ3n) is 3.23. The smallest absolute Gasteiger partial charge is 0.251 e. The summed E-state index contributed by atoms with van der Waals surface area (Å²) in [5.74, 6) is -1.05. The lowest BCUT2D eigenvalue weighted by molar-refractivity contribution is 0.0800. The standard InChI is InChI=1S/C16H26N4O6/c1-20(2)19-12-4-10(15(25)17-6-13(23)8-21)3-11(5-12)16(26)18-7-14(24)9-22/h3-5,13-14,19,21-24H,6-9H2,1-2H3,(H,17,25)(H,18,26). The van der Waals surface area contributed by atoms with Crippen molar-refractivity contribution in [3.63, 3.8) is 0 Å². The van der Waals surface area contributed by atoms with Crippen molar-refractivity contribution in [2.75, 3.05) is 45.8 Å². The van der Waals surface area contributed by atoms with E-state index in [-0.39, 0.29) is 24.2 Å². The van der Waals surface area contributed by atoms with Gasteiger partial charge in [0.05, 0.1) is 31.1 Å². The number of hydrogen-bond acceptors (Lipinski definition) is 8. The van der Waals surface area contributed by atoms with E-state index in [1.165, 1.54) is 18.2 Å². The van der Waals surface area contributed by atoms with Crippen molar-refractivity contribution in [1.29, 1.82) is 0 Å². The molecule has 0 heterocycles. The number of rotatable bonds is 10. The molecule has 0 aliphatic carbocycles. The van der Waals surface area contributed by atoms with Gasteiger partial charge in [-0.15, -0.1) is 0 Å². The van der Waals surface area contributed by atoms with E-state index in [2.05, 4.69) is 16.1 Å². The number of nitrogens with zero attached hydrogens (tertiary/aromatic N) is 1. The number of aliphatic hydroxyl groups is 4. The van der Waals surface area contributed by atoms with Crippen LogP contribution in [0.2, 0.25) is 0 Å². The maximum Gasteiger partial charge on any atom is 0.251 e. The zero-order valence-corrected chi connectivity index (χ0v) is 14.8. The second-order valence-electron chi connectivity index (χ2n) is 5.90. The van der Waals surface area contributed by atoms with Gasteiger partial charge in [0.25, 0.3) is 11.8 Å². The van der Waals surface area contributed by atoms with Crippen molar-refractivity contribution >= 4 is 17.5 Å². The quantitative estimate of drug-likeness (QED) is 0.228. The molecule has 0 aliphatic heterocycles. The summed E-state index contributed by atoms with van der Waals surface area (Å²) in [6.45, 7) is -1.23. The van der Waals surface area contributed by atoms with Gasteiger partial charge in [0.15, 0.2) is 0 Å². The van der Waals surface area contributed by atoms with Crippen molar-refractivity contribution in [1.82, 2.24) is 15.6 Å². The SMILES string of the molecule is CN(C)Nc1cc(C(=O)NCC(O)CO)cc(C(=O)NCC(O)CO)c1. The molecule has 0 fully saturated rings. The van der Waals surface area contributed by atoms with E-state index in [0.29, 0.717) is 5.69 Å². The highest BCUT2D eigenvalue weighted by atomic mass is 16.3. The van der Waals surface area contributed by atoms with Crippen LogP contribution in [0.4, 0.5) is 5.69 Å². The predicted octanol–water partition coefficient (Wildman–Crippen LogP) is -2.26. The Hall–Kier alpha value is -2.24. The average Bonchev–Trinajstić information content (AvgIpc) is 2.62. The summed E-state index contributed by atoms with van der Waals surface area (Å²) in [5, 5.41) is 42.8. The number of carbonyl (C=O) groups is 2. The molecule has 2 amide bonds. The first-order valence-electron chi connectivity index (χ1n) is 8.00. The molecular formula is C16H26N4O6. The zero-order valence-electron chi connectivity index (χ0n) is 14.8. The lowest BCUT2D eigenvalue weighted by Crippen LogP contribution is -2.35. The number of amides is 2. The Balaban J connectivity index is 2.98. The Morgan fingerprint density at radius 2 is 1.35 bits per heavy atom. The number of nitrogens with one attached hydrogen (secondary N) is 3. The van der Waals surface area contributed by atoms with Crippen LogP contribution < -0.4 is 16.1 Å². The zero-order chi connectivity index (χ0) is 19.7. The second-order valence-corrected chi connectivity index (χ2v) is 5.90. The number of anilines is 1. The van der Waals surface area contributed by atoms with Gasteiger partial charge in [0, 0.05) is 38.3 Å². The van der Waals surface area contributed by atoms with Crippen molar-refractivity contribution in [3.8, 4) is 0 Å². The number of aliphatic hydroxyl groups excluding tert-OH is 4. The fourth-order valence-electron chi connectivity index (χ4n) is 1.97. The van der Waals surface area contributed by atoms with E-state index in [0.717, 1.165) is 0 Å². The summed E-state index contributed by atoms with van der Waals surface area (Å²) in [5.41, 5.74) is 3.78. The highest BCUT2D eigenvalue weighted by Crippen LogP contribution is 2.16. The summed E-state index contributed by atoms with van der Waals surface area (Å²) in [7, 11) is 3.48. The number of hydrazine groups is 1. The third-order valence-corrected chi connectivity index (χ3v) is 3.23. The highest BCUT2D eigenvalue weighted by Gasteiger charge is 2.15. The molecule has 7 N–H and O–H groups in total. The minimum absolute atomic E-state index is 0.134. The van der Waals surface area contributed by atoms with E-state index < -0.39 is 37.2 Å². The molecule has 1 rings (SSSR count). The van der Waals surface area contributed by atoms with Crippen LogP contribution in [0.3, 0.4) is 0 Å². The molecule has 0 aromatic heterocycles. The molecule has 0 bridgehead atoms. The second kappa shape index (κ2) is 10.7. The molecule has 2 atom stereocenters. The van der Waals surface area contributed by atoms with Crippen LogP contribution in [0.15, 0.2) is 18.2 Å². The summed E-state index contributed by atoms with van der Waals surface area (Å²) in [6, 6.07) is 4.42. The van der Waals surface area contributed by atoms with E-state index in [4.69, 9.17) is 10.2 Å². The van der Waals surface area contributed by atoms with Crippen molar-refractivity contribution in [3.05, 3.63) is 29.3 Å². The lowest BCUT2D eigenvalue weighted by atomic mass is 10.1. The first kappa shape index (κ1) is 21.8. The Labute approximate surface area is 151 Å². The van der Waals surface area contributed by atoms with Gasteiger partial charge < -0.3 is 36.5 Å². The number of hydrogen-bond donors (Lipinski definition) is 7. The van der Waals surface area contributed by atoms with Gasteiger partial charge in [0.1, 0.15) is 0 Å². The molecule has 0 aliphatic rings. The molecule has 0 saturated carbocycles. The van der Waals surface area contributed by atoms with Gasteiger partial charge in [0.2, 0.25) is 0 Å². The van der Waals surface area contributed by atoms with E-state index in [9.17, 15) is 19.8 Å². The summed E-state index contributed by atoms with van der Waals surface area (Å²) >= 11 is 0. The first-order chi connectivity index (χ1) is 12.3. The van der Waals surface area contributed by atoms with Gasteiger partial charge in [-0.2, -0.15) is 0 Å². The maximum absolute atomic E-state index is 12.2. The van der Waals surface area contributed by atoms with Gasteiger partial charge in [-0.05, 0) is 18.2 Å². The van der Waals surface area contributed by atoms with E-state index in [1.54, 1.807) is 19.1 Å². The van der Waals surface area contributed by atoms with E-state index >= 15 is 0 Å². The van der Waals surface area contributed by atoms with Crippen LogP contribution in [0.25, 0.3) is 0 Å². The number of carbonyl (C=O) groups excluding carboxylic acids is 2. The molecular weight excluding hydrogens is 344 g/mol. The van der Waals surface area contributed by atoms with E-state index in [1.807, 2.05) is 0 Å². The van der Waals surface area contributed by atoms with Crippen LogP contribution >= 0.6 is 0 Å². The lowest BCUT2D eigenvalue weighted by Gasteiger charge is -2.17. The van der Waals surface area contributed by atoms with Crippen molar-refractivity contribution < 1.29 is 30.0 Å². The molecule has 0 radical (unpaired) electrons. The Morgan fingerprint density at radius 3 is 1.69 bits per heavy atom. The molecule has 10 heteroatoms. The summed E-state index contributed by atoms with van der Waals surface area (Å²) in [6.07, 6.45) is -2.16. The molecule has 146 valence electrons. The Bertz CT molecular complexity index is 566. The normalized spacial score (nSPS) is 13.2. The third kappa shape index (κ3) is 7.33. The predicted molar refractivity (Wildman–Crippen MR) is 94.6 cm³/mol. The molecule has 1 aromatic rings. The average molecular weight is 370 g/mol. The van der Waals surface area contributed by atoms with Crippen LogP contribution in [0.1, 0.15) is 20.7 Å². The van der Waals surface area contributed by atoms with Crippen LogP contribution in [0.5, 0.6) is 0 Å². The molecule has 2 unspecified atom stereocenters. The monoisotopic (exact) mass is 370 g/mol. The van der Waals surface area contributed by atoms with Crippen molar-refractivity contribution in [2.24, 2.45) is 0 Å². The highest BCUT2D eigenvalue weighted by molar-refractivity contribution is 6.01. The topological polar surface area (TPSA) is 154 Å². The fourth-order valence-corrected chi connectivity index (χ4v) is 1.97. The Morgan fingerprint density at radius 1 is 0.923 bits per heavy atom. The minimum Gasteiger partial charge on any atom is -0.394 e.